The van der Waals surface area contributed by atoms with Crippen molar-refractivity contribution in [3.05, 3.63) is 28.7 Å². The van der Waals surface area contributed by atoms with Gasteiger partial charge in [-0.2, -0.15) is 0 Å². The van der Waals surface area contributed by atoms with Gasteiger partial charge in [-0.1, -0.05) is 26.7 Å². The molecule has 1 heterocycles. The van der Waals surface area contributed by atoms with Gasteiger partial charge in [-0.3, -0.25) is 9.59 Å². The number of carbonyl (C=O) groups excluding carboxylic acids is 1. The van der Waals surface area contributed by atoms with Crippen molar-refractivity contribution in [2.75, 3.05) is 5.73 Å². The fourth-order valence-corrected chi connectivity index (χ4v) is 3.22. The minimum absolute atomic E-state index is 0.0329. The average Bonchev–Trinajstić information content (AvgIpc) is 2.43. The van der Waals surface area contributed by atoms with Gasteiger partial charge in [0.15, 0.2) is 0 Å². The van der Waals surface area contributed by atoms with Crippen LogP contribution in [0.1, 0.15) is 39.5 Å². The predicted molar refractivity (Wildman–Crippen MR) is 83.8 cm³/mol. The molecule has 1 aromatic heterocycles. The number of pyridine rings is 1. The lowest BCUT2D eigenvalue weighted by atomic mass is 9.78. The molecule has 21 heavy (non-hydrogen) atoms. The lowest BCUT2D eigenvalue weighted by Gasteiger charge is -2.35. The Bertz CT molecular complexity index is 551. The molecule has 2 atom stereocenters. The third-order valence-electron chi connectivity index (χ3n) is 4.34. The van der Waals surface area contributed by atoms with Crippen LogP contribution in [0.5, 0.6) is 0 Å². The Labute approximate surface area is 125 Å². The van der Waals surface area contributed by atoms with Crippen LogP contribution in [0.2, 0.25) is 0 Å². The van der Waals surface area contributed by atoms with Gasteiger partial charge in [-0.15, -0.1) is 0 Å². The summed E-state index contributed by atoms with van der Waals surface area (Å²) >= 11 is 0. The first-order chi connectivity index (χ1) is 9.97. The van der Waals surface area contributed by atoms with Crippen LogP contribution in [0.3, 0.4) is 0 Å². The molecule has 0 spiro atoms. The van der Waals surface area contributed by atoms with Gasteiger partial charge in [-0.05, 0) is 30.7 Å². The van der Waals surface area contributed by atoms with Crippen molar-refractivity contribution in [1.82, 2.24) is 9.88 Å². The lowest BCUT2D eigenvalue weighted by molar-refractivity contribution is -0.123. The van der Waals surface area contributed by atoms with Crippen LogP contribution >= 0.6 is 0 Å². The van der Waals surface area contributed by atoms with E-state index in [1.165, 1.54) is 29.7 Å². The van der Waals surface area contributed by atoms with E-state index in [2.05, 4.69) is 19.2 Å². The molecule has 1 amide bonds. The summed E-state index contributed by atoms with van der Waals surface area (Å²) in [6.07, 6.45) is 6.11. The summed E-state index contributed by atoms with van der Waals surface area (Å²) in [4.78, 5) is 23.9. The monoisotopic (exact) mass is 291 g/mol. The highest BCUT2D eigenvalue weighted by Crippen LogP contribution is 2.30. The predicted octanol–water partition coefficient (Wildman–Crippen LogP) is 1.76. The number of hydrogen-bond acceptors (Lipinski definition) is 3. The number of anilines is 1. The van der Waals surface area contributed by atoms with Crippen LogP contribution in [0, 0.1) is 11.8 Å². The zero-order chi connectivity index (χ0) is 15.4. The molecule has 1 saturated carbocycles. The number of carbonyl (C=O) groups is 1. The van der Waals surface area contributed by atoms with Crippen molar-refractivity contribution in [2.24, 2.45) is 11.8 Å². The van der Waals surface area contributed by atoms with Gasteiger partial charge in [0.05, 0.1) is 0 Å². The molecule has 3 N–H and O–H groups in total. The summed E-state index contributed by atoms with van der Waals surface area (Å²) in [5.41, 5.74) is 5.94. The van der Waals surface area contributed by atoms with E-state index in [-0.39, 0.29) is 24.1 Å². The van der Waals surface area contributed by atoms with Crippen molar-refractivity contribution < 1.29 is 4.79 Å². The molecule has 1 fully saturated rings. The molecular weight excluding hydrogens is 266 g/mol. The number of rotatable bonds is 4. The van der Waals surface area contributed by atoms with Gasteiger partial charge in [0, 0.05) is 24.0 Å². The molecule has 0 saturated heterocycles. The largest absolute Gasteiger partial charge is 0.398 e. The number of nitrogens with two attached hydrogens (primary N) is 1. The van der Waals surface area contributed by atoms with Crippen molar-refractivity contribution in [2.45, 2.75) is 52.1 Å². The Morgan fingerprint density at radius 1 is 1.38 bits per heavy atom. The lowest BCUT2D eigenvalue weighted by Crippen LogP contribution is -2.45. The Balaban J connectivity index is 2.00. The van der Waals surface area contributed by atoms with Crippen LogP contribution in [0.15, 0.2) is 23.1 Å². The highest BCUT2D eigenvalue weighted by atomic mass is 16.2. The molecule has 116 valence electrons. The van der Waals surface area contributed by atoms with Crippen molar-refractivity contribution >= 4 is 11.6 Å². The Morgan fingerprint density at radius 3 is 2.81 bits per heavy atom. The van der Waals surface area contributed by atoms with Crippen LogP contribution in [-0.2, 0) is 11.3 Å². The fourth-order valence-electron chi connectivity index (χ4n) is 3.22. The van der Waals surface area contributed by atoms with E-state index in [1.54, 1.807) is 6.07 Å². The first-order valence-electron chi connectivity index (χ1n) is 7.72. The number of nitrogen functional groups attached to an aromatic ring is 1. The molecule has 0 bridgehead atoms. The van der Waals surface area contributed by atoms with E-state index < -0.39 is 0 Å². The number of nitrogens with zero attached hydrogens (tertiary/aromatic N) is 1. The van der Waals surface area contributed by atoms with Gasteiger partial charge in [0.25, 0.3) is 5.56 Å². The second-order valence-corrected chi connectivity index (χ2v) is 6.29. The fraction of sp³-hybridized carbons (Fsp3) is 0.625. The second kappa shape index (κ2) is 6.78. The molecule has 2 rings (SSSR count). The topological polar surface area (TPSA) is 77.1 Å². The average molecular weight is 291 g/mol. The summed E-state index contributed by atoms with van der Waals surface area (Å²) in [5, 5.41) is 3.11. The summed E-state index contributed by atoms with van der Waals surface area (Å²) in [7, 11) is 0. The van der Waals surface area contributed by atoms with Gasteiger partial charge in [0.1, 0.15) is 6.54 Å². The molecule has 2 unspecified atom stereocenters. The Morgan fingerprint density at radius 2 is 2.10 bits per heavy atom. The number of hydrogen-bond donors (Lipinski definition) is 2. The SMILES string of the molecule is CC(C)C1CCCCC1NC(=O)Cn1cc(N)ccc1=O. The second-order valence-electron chi connectivity index (χ2n) is 6.29. The van der Waals surface area contributed by atoms with Crippen molar-refractivity contribution in [1.29, 1.82) is 0 Å². The van der Waals surface area contributed by atoms with E-state index in [1.807, 2.05) is 0 Å². The summed E-state index contributed by atoms with van der Waals surface area (Å²) in [6.45, 7) is 4.44. The maximum absolute atomic E-state index is 12.2. The van der Waals surface area contributed by atoms with Gasteiger partial charge in [0.2, 0.25) is 5.91 Å². The van der Waals surface area contributed by atoms with E-state index in [0.717, 1.165) is 12.8 Å². The highest BCUT2D eigenvalue weighted by molar-refractivity contribution is 5.76. The first-order valence-corrected chi connectivity index (χ1v) is 7.72. The summed E-state index contributed by atoms with van der Waals surface area (Å²) < 4.78 is 1.36. The molecule has 1 aliphatic rings. The van der Waals surface area contributed by atoms with Crippen molar-refractivity contribution in [3.63, 3.8) is 0 Å². The van der Waals surface area contributed by atoms with E-state index >= 15 is 0 Å². The Hall–Kier alpha value is -1.78. The van der Waals surface area contributed by atoms with Crippen LogP contribution in [-0.4, -0.2) is 16.5 Å². The molecule has 1 aromatic rings. The van der Waals surface area contributed by atoms with E-state index in [0.29, 0.717) is 17.5 Å². The smallest absolute Gasteiger partial charge is 0.251 e. The molecule has 0 aliphatic heterocycles. The molecule has 5 heteroatoms. The molecular formula is C16H25N3O2. The quantitative estimate of drug-likeness (QED) is 0.887. The highest BCUT2D eigenvalue weighted by Gasteiger charge is 2.28. The summed E-state index contributed by atoms with van der Waals surface area (Å²) in [5.74, 6) is 0.978. The maximum atomic E-state index is 12.2. The van der Waals surface area contributed by atoms with Gasteiger partial charge in [-0.25, -0.2) is 0 Å². The standard InChI is InChI=1S/C16H25N3O2/c1-11(2)13-5-3-4-6-14(13)18-15(20)10-19-9-12(17)7-8-16(19)21/h7-9,11,13-14H,3-6,10,17H2,1-2H3,(H,18,20). The number of amides is 1. The van der Waals surface area contributed by atoms with Crippen molar-refractivity contribution in [3.8, 4) is 0 Å². The summed E-state index contributed by atoms with van der Waals surface area (Å²) in [6, 6.07) is 3.16. The van der Waals surface area contributed by atoms with Crippen LogP contribution in [0.4, 0.5) is 5.69 Å². The van der Waals surface area contributed by atoms with E-state index in [9.17, 15) is 9.59 Å². The van der Waals surface area contributed by atoms with Gasteiger partial charge < -0.3 is 15.6 Å². The maximum Gasteiger partial charge on any atom is 0.251 e. The molecule has 1 aliphatic carbocycles. The zero-order valence-electron chi connectivity index (χ0n) is 12.8. The first kappa shape index (κ1) is 15.6. The minimum atomic E-state index is -0.205. The third-order valence-corrected chi connectivity index (χ3v) is 4.34. The van der Waals surface area contributed by atoms with E-state index in [4.69, 9.17) is 5.73 Å². The minimum Gasteiger partial charge on any atom is -0.398 e. The van der Waals surface area contributed by atoms with Gasteiger partial charge >= 0.3 is 0 Å². The number of aromatic nitrogens is 1. The number of nitrogens with one attached hydrogen (secondary N) is 1. The molecule has 0 aromatic carbocycles. The third kappa shape index (κ3) is 4.09. The Kier molecular flexibility index (Phi) is 5.04. The van der Waals surface area contributed by atoms with Crippen LogP contribution in [0.25, 0.3) is 0 Å². The molecule has 5 nitrogen and oxygen atoms in total. The normalized spacial score (nSPS) is 22.2. The zero-order valence-corrected chi connectivity index (χ0v) is 12.8. The van der Waals surface area contributed by atoms with Crippen LogP contribution < -0.4 is 16.6 Å². The molecule has 0 radical (unpaired) electrons.